The Hall–Kier alpha value is 0.160. The molecule has 0 saturated carbocycles. The van der Waals surface area contributed by atoms with Gasteiger partial charge in [-0.05, 0) is 19.3 Å². The first-order valence-electron chi connectivity index (χ1n) is 4.34. The molecule has 0 N–H and O–H groups in total. The number of halogens is 1. The van der Waals surface area contributed by atoms with Gasteiger partial charge < -0.3 is 4.84 Å². The zero-order chi connectivity index (χ0) is 8.81. The molecule has 1 saturated heterocycles. The monoisotopic (exact) mass is 283 g/mol. The fraction of sp³-hybridized carbons (Fsp3) is 0.875. The van der Waals surface area contributed by atoms with E-state index in [-0.39, 0.29) is 5.97 Å². The smallest absolute Gasteiger partial charge is 0.325 e. The summed E-state index contributed by atoms with van der Waals surface area (Å²) in [4.78, 5) is 16.2. The molecule has 12 heavy (non-hydrogen) atoms. The van der Waals surface area contributed by atoms with E-state index in [1.165, 1.54) is 0 Å². The van der Waals surface area contributed by atoms with Gasteiger partial charge in [0.1, 0.15) is 0 Å². The number of alkyl halides is 1. The van der Waals surface area contributed by atoms with Gasteiger partial charge in [-0.2, -0.15) is 0 Å². The van der Waals surface area contributed by atoms with Crippen molar-refractivity contribution in [3.8, 4) is 0 Å². The quantitative estimate of drug-likeness (QED) is 0.581. The molecule has 0 aliphatic carbocycles. The maximum atomic E-state index is 11.1. The largest absolute Gasteiger partial charge is 0.368 e. The van der Waals surface area contributed by atoms with Crippen LogP contribution in [0.3, 0.4) is 0 Å². The van der Waals surface area contributed by atoms with Crippen LogP contribution in [-0.2, 0) is 9.63 Å². The van der Waals surface area contributed by atoms with E-state index in [9.17, 15) is 4.79 Å². The van der Waals surface area contributed by atoms with Crippen LogP contribution in [-0.4, -0.2) is 28.5 Å². The first-order valence-corrected chi connectivity index (χ1v) is 5.87. The molecule has 0 amide bonds. The third kappa shape index (κ3) is 3.71. The second-order valence-corrected chi connectivity index (χ2v) is 3.97. The van der Waals surface area contributed by atoms with Crippen molar-refractivity contribution in [2.45, 2.75) is 25.7 Å². The highest BCUT2D eigenvalue weighted by Crippen LogP contribution is 2.08. The van der Waals surface area contributed by atoms with Gasteiger partial charge in [-0.3, -0.25) is 4.79 Å². The van der Waals surface area contributed by atoms with Gasteiger partial charge in [0.15, 0.2) is 0 Å². The Morgan fingerprint density at radius 2 is 2.08 bits per heavy atom. The molecule has 0 radical (unpaired) electrons. The van der Waals surface area contributed by atoms with E-state index in [4.69, 9.17) is 4.84 Å². The van der Waals surface area contributed by atoms with Crippen LogP contribution < -0.4 is 0 Å². The molecule has 70 valence electrons. The predicted octanol–water partition coefficient (Wildman–Crippen LogP) is 1.76. The summed E-state index contributed by atoms with van der Waals surface area (Å²) in [5, 5.41) is 1.77. The molecule has 1 aliphatic rings. The van der Waals surface area contributed by atoms with Gasteiger partial charge in [0.05, 0.1) is 0 Å². The third-order valence-corrected chi connectivity index (χ3v) is 2.57. The van der Waals surface area contributed by atoms with Crippen molar-refractivity contribution in [2.75, 3.05) is 17.5 Å². The van der Waals surface area contributed by atoms with Gasteiger partial charge >= 0.3 is 5.97 Å². The molecular formula is C8H14INO2. The number of carbonyl (C=O) groups is 1. The van der Waals surface area contributed by atoms with E-state index in [2.05, 4.69) is 22.6 Å². The minimum absolute atomic E-state index is 0.0754. The lowest BCUT2D eigenvalue weighted by molar-refractivity contribution is -0.185. The fourth-order valence-electron chi connectivity index (χ4n) is 1.18. The van der Waals surface area contributed by atoms with Crippen molar-refractivity contribution >= 4 is 28.6 Å². The van der Waals surface area contributed by atoms with Gasteiger partial charge in [-0.15, -0.1) is 5.06 Å². The molecular weight excluding hydrogens is 269 g/mol. The van der Waals surface area contributed by atoms with Crippen LogP contribution in [0.15, 0.2) is 0 Å². The molecule has 0 spiro atoms. The first-order chi connectivity index (χ1) is 5.83. The maximum Gasteiger partial charge on any atom is 0.325 e. The maximum absolute atomic E-state index is 11.1. The highest BCUT2D eigenvalue weighted by Gasteiger charge is 2.15. The van der Waals surface area contributed by atoms with Crippen molar-refractivity contribution in [3.05, 3.63) is 0 Å². The Morgan fingerprint density at radius 3 is 2.67 bits per heavy atom. The topological polar surface area (TPSA) is 29.5 Å². The molecule has 4 heteroatoms. The number of hydroxylamine groups is 2. The van der Waals surface area contributed by atoms with Gasteiger partial charge in [0, 0.05) is 23.9 Å². The van der Waals surface area contributed by atoms with Crippen LogP contribution in [0.4, 0.5) is 0 Å². The Kier molecular flexibility index (Phi) is 4.90. The van der Waals surface area contributed by atoms with Crippen molar-refractivity contribution in [1.29, 1.82) is 0 Å². The SMILES string of the molecule is O=C(CCCI)ON1CCCC1. The lowest BCUT2D eigenvalue weighted by atomic mass is 10.3. The lowest BCUT2D eigenvalue weighted by Crippen LogP contribution is -2.23. The molecule has 1 aliphatic heterocycles. The second-order valence-electron chi connectivity index (χ2n) is 2.89. The summed E-state index contributed by atoms with van der Waals surface area (Å²) < 4.78 is 1.02. The average Bonchev–Trinajstić information content (AvgIpc) is 2.53. The highest BCUT2D eigenvalue weighted by atomic mass is 127. The van der Waals surface area contributed by atoms with Gasteiger partial charge in [-0.25, -0.2) is 0 Å². The number of carbonyl (C=O) groups excluding carboxylic acids is 1. The molecule has 0 aromatic rings. The lowest BCUT2D eigenvalue weighted by Gasteiger charge is -2.13. The Morgan fingerprint density at radius 1 is 1.42 bits per heavy atom. The van der Waals surface area contributed by atoms with Crippen LogP contribution in [0.5, 0.6) is 0 Å². The van der Waals surface area contributed by atoms with E-state index in [0.717, 1.165) is 36.8 Å². The summed E-state index contributed by atoms with van der Waals surface area (Å²) in [5.74, 6) is -0.0754. The first kappa shape index (κ1) is 10.2. The van der Waals surface area contributed by atoms with E-state index in [0.29, 0.717) is 6.42 Å². The van der Waals surface area contributed by atoms with Crippen LogP contribution >= 0.6 is 22.6 Å². The molecule has 0 bridgehead atoms. The minimum Gasteiger partial charge on any atom is -0.368 e. The summed E-state index contributed by atoms with van der Waals surface area (Å²) in [6, 6.07) is 0. The summed E-state index contributed by atoms with van der Waals surface area (Å²) >= 11 is 2.26. The number of hydrogen-bond donors (Lipinski definition) is 0. The van der Waals surface area contributed by atoms with Crippen molar-refractivity contribution in [1.82, 2.24) is 5.06 Å². The Labute approximate surface area is 86.5 Å². The molecule has 1 rings (SSSR count). The molecule has 0 unspecified atom stereocenters. The molecule has 3 nitrogen and oxygen atoms in total. The molecule has 0 aromatic heterocycles. The minimum atomic E-state index is -0.0754. The Bertz CT molecular complexity index is 146. The Balaban J connectivity index is 2.08. The van der Waals surface area contributed by atoms with E-state index in [1.54, 1.807) is 5.06 Å². The van der Waals surface area contributed by atoms with Crippen LogP contribution in [0.2, 0.25) is 0 Å². The number of nitrogens with zero attached hydrogens (tertiary/aromatic N) is 1. The molecule has 0 aromatic carbocycles. The molecule has 0 atom stereocenters. The summed E-state index contributed by atoms with van der Waals surface area (Å²) in [6.07, 6.45) is 3.78. The summed E-state index contributed by atoms with van der Waals surface area (Å²) in [7, 11) is 0. The van der Waals surface area contributed by atoms with Crippen molar-refractivity contribution in [2.24, 2.45) is 0 Å². The van der Waals surface area contributed by atoms with Crippen molar-refractivity contribution in [3.63, 3.8) is 0 Å². The van der Waals surface area contributed by atoms with E-state index >= 15 is 0 Å². The standard InChI is InChI=1S/C8H14INO2/c9-5-3-4-8(11)12-10-6-1-2-7-10/h1-7H2. The molecule has 1 fully saturated rings. The van der Waals surface area contributed by atoms with Gasteiger partial charge in [0.2, 0.25) is 0 Å². The number of hydrogen-bond acceptors (Lipinski definition) is 3. The molecule has 1 heterocycles. The van der Waals surface area contributed by atoms with E-state index < -0.39 is 0 Å². The van der Waals surface area contributed by atoms with Gasteiger partial charge in [-0.1, -0.05) is 22.6 Å². The highest BCUT2D eigenvalue weighted by molar-refractivity contribution is 14.1. The van der Waals surface area contributed by atoms with Crippen LogP contribution in [0, 0.1) is 0 Å². The zero-order valence-electron chi connectivity index (χ0n) is 7.09. The average molecular weight is 283 g/mol. The zero-order valence-corrected chi connectivity index (χ0v) is 9.25. The van der Waals surface area contributed by atoms with Crippen LogP contribution in [0.25, 0.3) is 0 Å². The second kappa shape index (κ2) is 5.75. The normalized spacial score (nSPS) is 18.1. The summed E-state index contributed by atoms with van der Waals surface area (Å²) in [6.45, 7) is 1.83. The predicted molar refractivity (Wildman–Crippen MR) is 55.0 cm³/mol. The summed E-state index contributed by atoms with van der Waals surface area (Å²) in [5.41, 5.74) is 0. The third-order valence-electron chi connectivity index (χ3n) is 1.81. The van der Waals surface area contributed by atoms with Gasteiger partial charge in [0.25, 0.3) is 0 Å². The number of rotatable bonds is 4. The van der Waals surface area contributed by atoms with Crippen LogP contribution in [0.1, 0.15) is 25.7 Å². The van der Waals surface area contributed by atoms with E-state index in [1.807, 2.05) is 0 Å². The fourth-order valence-corrected chi connectivity index (χ4v) is 1.56. The van der Waals surface area contributed by atoms with Crippen molar-refractivity contribution < 1.29 is 9.63 Å².